The van der Waals surface area contributed by atoms with Crippen LogP contribution >= 0.6 is 23.5 Å². The molecule has 0 aromatic rings. The molecule has 2 atom stereocenters. The second-order valence-electron chi connectivity index (χ2n) is 3.30. The average molecular weight is 257 g/mol. The number of alkyl halides is 1. The van der Waals surface area contributed by atoms with Crippen LogP contribution in [-0.2, 0) is 13.6 Å². The molecule has 1 saturated heterocycles. The predicted molar refractivity (Wildman–Crippen MR) is 52.0 cm³/mol. The summed E-state index contributed by atoms with van der Waals surface area (Å²) in [5.41, 5.74) is -0.316. The van der Waals surface area contributed by atoms with Crippen LogP contribution in [-0.4, -0.2) is 24.2 Å². The molecule has 5 heteroatoms. The molecule has 0 radical (unpaired) electrons. The second kappa shape index (κ2) is 3.79. The zero-order valence-corrected chi connectivity index (χ0v) is 9.86. The SMILES string of the molecule is COP1(=O)CCCC(C)(CBr)O1. The third kappa shape index (κ3) is 2.32. The smallest absolute Gasteiger partial charge is 0.312 e. The molecule has 0 aromatic carbocycles. The Labute approximate surface area is 81.5 Å². The molecule has 0 aromatic heterocycles. The van der Waals surface area contributed by atoms with Gasteiger partial charge in [-0.15, -0.1) is 0 Å². The van der Waals surface area contributed by atoms with Gasteiger partial charge in [-0.25, -0.2) is 0 Å². The van der Waals surface area contributed by atoms with Gasteiger partial charge in [0.15, 0.2) is 0 Å². The van der Waals surface area contributed by atoms with Crippen molar-refractivity contribution >= 4 is 23.5 Å². The molecule has 0 spiro atoms. The van der Waals surface area contributed by atoms with Gasteiger partial charge in [0.05, 0.1) is 11.8 Å². The van der Waals surface area contributed by atoms with Gasteiger partial charge in [0.25, 0.3) is 0 Å². The summed E-state index contributed by atoms with van der Waals surface area (Å²) in [7, 11) is -1.32. The lowest BCUT2D eigenvalue weighted by atomic mass is 10.0. The lowest BCUT2D eigenvalue weighted by molar-refractivity contribution is 0.0670. The van der Waals surface area contributed by atoms with E-state index in [1.807, 2.05) is 6.92 Å². The van der Waals surface area contributed by atoms with Crippen molar-refractivity contribution in [1.29, 1.82) is 0 Å². The maximum Gasteiger partial charge on any atom is 0.330 e. The van der Waals surface area contributed by atoms with E-state index in [0.717, 1.165) is 12.8 Å². The first-order valence-corrected chi connectivity index (χ1v) is 6.80. The summed E-state index contributed by atoms with van der Waals surface area (Å²) in [5.74, 6) is 0. The highest BCUT2D eigenvalue weighted by Gasteiger charge is 2.39. The minimum Gasteiger partial charge on any atom is -0.312 e. The zero-order chi connectivity index (χ0) is 9.24. The van der Waals surface area contributed by atoms with Crippen LogP contribution < -0.4 is 0 Å². The molecule has 0 N–H and O–H groups in total. The molecule has 1 fully saturated rings. The Kier molecular flexibility index (Phi) is 3.38. The number of rotatable bonds is 2. The van der Waals surface area contributed by atoms with E-state index in [-0.39, 0.29) is 5.60 Å². The van der Waals surface area contributed by atoms with E-state index in [1.54, 1.807) is 0 Å². The minimum atomic E-state index is -2.76. The van der Waals surface area contributed by atoms with Gasteiger partial charge in [-0.2, -0.15) is 0 Å². The second-order valence-corrected chi connectivity index (χ2v) is 6.07. The summed E-state index contributed by atoms with van der Waals surface area (Å²) in [6, 6.07) is 0. The number of halogens is 1. The summed E-state index contributed by atoms with van der Waals surface area (Å²) in [5, 5.41) is 0.702. The molecule has 0 saturated carbocycles. The van der Waals surface area contributed by atoms with Crippen LogP contribution in [0.3, 0.4) is 0 Å². The zero-order valence-electron chi connectivity index (χ0n) is 7.38. The van der Waals surface area contributed by atoms with Gasteiger partial charge < -0.3 is 9.05 Å². The molecule has 72 valence electrons. The van der Waals surface area contributed by atoms with E-state index in [4.69, 9.17) is 9.05 Å². The molecule has 1 aliphatic heterocycles. The van der Waals surface area contributed by atoms with Crippen molar-refractivity contribution < 1.29 is 13.6 Å². The Morgan fingerprint density at radius 1 is 1.75 bits per heavy atom. The summed E-state index contributed by atoms with van der Waals surface area (Å²) >= 11 is 3.35. The molecule has 0 bridgehead atoms. The van der Waals surface area contributed by atoms with E-state index in [2.05, 4.69) is 15.9 Å². The van der Waals surface area contributed by atoms with Crippen molar-refractivity contribution in [2.45, 2.75) is 25.4 Å². The molecule has 3 nitrogen and oxygen atoms in total. The van der Waals surface area contributed by atoms with Crippen molar-refractivity contribution in [3.8, 4) is 0 Å². The molecule has 2 unspecified atom stereocenters. The van der Waals surface area contributed by atoms with Gasteiger partial charge in [-0.05, 0) is 19.8 Å². The predicted octanol–water partition coefficient (Wildman–Crippen LogP) is 2.79. The largest absolute Gasteiger partial charge is 0.330 e. The molecular weight excluding hydrogens is 243 g/mol. The summed E-state index contributed by atoms with van der Waals surface area (Å²) in [4.78, 5) is 0. The monoisotopic (exact) mass is 256 g/mol. The van der Waals surface area contributed by atoms with Crippen LogP contribution in [0, 0.1) is 0 Å². The van der Waals surface area contributed by atoms with Crippen LogP contribution in [0.2, 0.25) is 0 Å². The molecule has 1 heterocycles. The normalized spacial score (nSPS) is 42.9. The highest BCUT2D eigenvalue weighted by atomic mass is 79.9. The van der Waals surface area contributed by atoms with E-state index in [9.17, 15) is 4.57 Å². The minimum absolute atomic E-state index is 0.316. The highest BCUT2D eigenvalue weighted by Crippen LogP contribution is 2.56. The third-order valence-corrected chi connectivity index (χ3v) is 5.38. The fraction of sp³-hybridized carbons (Fsp3) is 1.00. The Morgan fingerprint density at radius 2 is 2.42 bits per heavy atom. The fourth-order valence-corrected chi connectivity index (χ4v) is 3.59. The van der Waals surface area contributed by atoms with Crippen LogP contribution in [0.4, 0.5) is 0 Å². The Hall–Kier alpha value is 0.630. The van der Waals surface area contributed by atoms with E-state index < -0.39 is 7.60 Å². The molecule has 1 aliphatic rings. The van der Waals surface area contributed by atoms with Crippen molar-refractivity contribution in [3.63, 3.8) is 0 Å². The summed E-state index contributed by atoms with van der Waals surface area (Å²) < 4.78 is 22.0. The van der Waals surface area contributed by atoms with E-state index >= 15 is 0 Å². The quantitative estimate of drug-likeness (QED) is 0.563. The van der Waals surface area contributed by atoms with Crippen molar-refractivity contribution in [1.82, 2.24) is 0 Å². The van der Waals surface area contributed by atoms with Crippen molar-refractivity contribution in [2.75, 3.05) is 18.6 Å². The molecule has 12 heavy (non-hydrogen) atoms. The molecular formula is C7H14BrO3P. The van der Waals surface area contributed by atoms with Gasteiger partial charge in [0.1, 0.15) is 0 Å². The first-order chi connectivity index (χ1) is 5.54. The summed E-state index contributed by atoms with van der Waals surface area (Å²) in [6.45, 7) is 1.95. The van der Waals surface area contributed by atoms with Crippen LogP contribution in [0.25, 0.3) is 0 Å². The first-order valence-electron chi connectivity index (χ1n) is 3.95. The van der Waals surface area contributed by atoms with Crippen LogP contribution in [0.5, 0.6) is 0 Å². The van der Waals surface area contributed by atoms with Crippen LogP contribution in [0.15, 0.2) is 0 Å². The standard InChI is InChI=1S/C7H14BrO3P/c1-7(6-8)4-3-5-12(9,10-2)11-7/h3-6H2,1-2H3. The van der Waals surface area contributed by atoms with E-state index in [0.29, 0.717) is 11.5 Å². The lowest BCUT2D eigenvalue weighted by Gasteiger charge is -2.35. The first kappa shape index (κ1) is 10.7. The molecule has 1 rings (SSSR count). The topological polar surface area (TPSA) is 35.5 Å². The maximum absolute atomic E-state index is 11.7. The van der Waals surface area contributed by atoms with Crippen molar-refractivity contribution in [2.24, 2.45) is 0 Å². The average Bonchev–Trinajstić information content (AvgIpc) is 2.05. The molecule has 0 amide bonds. The molecule has 0 aliphatic carbocycles. The highest BCUT2D eigenvalue weighted by molar-refractivity contribution is 9.09. The lowest BCUT2D eigenvalue weighted by Crippen LogP contribution is -2.33. The third-order valence-electron chi connectivity index (χ3n) is 2.06. The van der Waals surface area contributed by atoms with Gasteiger partial charge in [-0.1, -0.05) is 15.9 Å². The van der Waals surface area contributed by atoms with Crippen molar-refractivity contribution in [3.05, 3.63) is 0 Å². The Balaban J connectivity index is 2.69. The maximum atomic E-state index is 11.7. The summed E-state index contributed by atoms with van der Waals surface area (Å²) in [6.07, 6.45) is 2.39. The Bertz CT molecular complexity index is 209. The fourth-order valence-electron chi connectivity index (χ4n) is 1.29. The number of hydrogen-bond acceptors (Lipinski definition) is 3. The van der Waals surface area contributed by atoms with E-state index in [1.165, 1.54) is 7.11 Å². The van der Waals surface area contributed by atoms with Gasteiger partial charge in [0, 0.05) is 12.4 Å². The Morgan fingerprint density at radius 3 is 2.92 bits per heavy atom. The van der Waals surface area contributed by atoms with Gasteiger partial charge in [0.2, 0.25) is 0 Å². The number of hydrogen-bond donors (Lipinski definition) is 0. The van der Waals surface area contributed by atoms with Gasteiger partial charge in [-0.3, -0.25) is 4.57 Å². The van der Waals surface area contributed by atoms with Gasteiger partial charge >= 0.3 is 7.60 Å². The van der Waals surface area contributed by atoms with Crippen LogP contribution in [0.1, 0.15) is 19.8 Å².